The fourth-order valence-electron chi connectivity index (χ4n) is 1.33. The standard InChI is InChI=1S/C10H11ClN6O/c1-16(2)9(18)7-3-4-17(15-7)8-6(12)5-13-10(11)14-8/h3-5H,12H2,1-2H3. The molecule has 0 saturated carbocycles. The summed E-state index contributed by atoms with van der Waals surface area (Å²) in [4.78, 5) is 20.8. The third-order valence-corrected chi connectivity index (χ3v) is 2.38. The van der Waals surface area contributed by atoms with E-state index in [1.807, 2.05) is 0 Å². The lowest BCUT2D eigenvalue weighted by molar-refractivity contribution is 0.0821. The van der Waals surface area contributed by atoms with E-state index in [0.29, 0.717) is 17.2 Å². The van der Waals surface area contributed by atoms with Gasteiger partial charge in [0.25, 0.3) is 5.91 Å². The van der Waals surface area contributed by atoms with Crippen molar-refractivity contribution >= 4 is 23.2 Å². The third-order valence-electron chi connectivity index (χ3n) is 2.20. The third kappa shape index (κ3) is 2.25. The lowest BCUT2D eigenvalue weighted by atomic mass is 10.4. The smallest absolute Gasteiger partial charge is 0.273 e. The van der Waals surface area contributed by atoms with Gasteiger partial charge in [-0.1, -0.05) is 0 Å². The Balaban J connectivity index is 2.41. The molecular formula is C10H11ClN6O. The summed E-state index contributed by atoms with van der Waals surface area (Å²) < 4.78 is 1.39. The molecule has 2 aromatic rings. The van der Waals surface area contributed by atoms with Gasteiger partial charge in [0.1, 0.15) is 0 Å². The molecule has 0 fully saturated rings. The Morgan fingerprint density at radius 1 is 1.50 bits per heavy atom. The highest BCUT2D eigenvalue weighted by atomic mass is 35.5. The maximum Gasteiger partial charge on any atom is 0.273 e. The van der Waals surface area contributed by atoms with Crippen LogP contribution in [-0.2, 0) is 0 Å². The van der Waals surface area contributed by atoms with Gasteiger partial charge in [-0.15, -0.1) is 0 Å². The fourth-order valence-corrected chi connectivity index (χ4v) is 1.46. The minimum absolute atomic E-state index is 0.0650. The van der Waals surface area contributed by atoms with E-state index < -0.39 is 0 Å². The second-order valence-corrected chi connectivity index (χ2v) is 4.10. The molecule has 0 saturated heterocycles. The van der Waals surface area contributed by atoms with Gasteiger partial charge in [0.2, 0.25) is 5.28 Å². The molecule has 0 aromatic carbocycles. The van der Waals surface area contributed by atoms with Gasteiger partial charge in [-0.05, 0) is 17.7 Å². The number of nitrogens with two attached hydrogens (primary N) is 1. The van der Waals surface area contributed by atoms with Crippen LogP contribution in [-0.4, -0.2) is 44.7 Å². The van der Waals surface area contributed by atoms with Crippen LogP contribution in [0.1, 0.15) is 10.5 Å². The van der Waals surface area contributed by atoms with E-state index in [0.717, 1.165) is 0 Å². The molecule has 2 rings (SSSR count). The molecule has 1 amide bonds. The SMILES string of the molecule is CN(C)C(=O)c1ccn(-c2nc(Cl)ncc2N)n1. The number of carbonyl (C=O) groups is 1. The first-order valence-electron chi connectivity index (χ1n) is 5.04. The van der Waals surface area contributed by atoms with Gasteiger partial charge in [-0.2, -0.15) is 10.1 Å². The first-order chi connectivity index (χ1) is 8.49. The predicted molar refractivity (Wildman–Crippen MR) is 66.6 cm³/mol. The van der Waals surface area contributed by atoms with Crippen molar-refractivity contribution in [3.63, 3.8) is 0 Å². The summed E-state index contributed by atoms with van der Waals surface area (Å²) in [5.74, 6) is 0.139. The summed E-state index contributed by atoms with van der Waals surface area (Å²) in [6, 6.07) is 1.58. The first kappa shape index (κ1) is 12.3. The Morgan fingerprint density at radius 3 is 2.89 bits per heavy atom. The van der Waals surface area contributed by atoms with E-state index in [4.69, 9.17) is 17.3 Å². The van der Waals surface area contributed by atoms with E-state index >= 15 is 0 Å². The van der Waals surface area contributed by atoms with Gasteiger partial charge in [-0.25, -0.2) is 9.67 Å². The van der Waals surface area contributed by atoms with Gasteiger partial charge in [0, 0.05) is 20.3 Å². The number of carbonyl (C=O) groups excluding carboxylic acids is 1. The lowest BCUT2D eigenvalue weighted by Gasteiger charge is -2.07. The minimum Gasteiger partial charge on any atom is -0.394 e. The Bertz CT molecular complexity index is 594. The van der Waals surface area contributed by atoms with Crippen LogP contribution in [0.25, 0.3) is 5.82 Å². The fraction of sp³-hybridized carbons (Fsp3) is 0.200. The number of hydrogen-bond donors (Lipinski definition) is 1. The number of halogens is 1. The van der Waals surface area contributed by atoms with Crippen molar-refractivity contribution in [1.82, 2.24) is 24.6 Å². The molecule has 8 heteroatoms. The molecule has 0 aliphatic heterocycles. The van der Waals surface area contributed by atoms with Crippen molar-refractivity contribution in [3.05, 3.63) is 29.4 Å². The number of nitrogens with zero attached hydrogens (tertiary/aromatic N) is 5. The van der Waals surface area contributed by atoms with Crippen LogP contribution >= 0.6 is 11.6 Å². The zero-order chi connectivity index (χ0) is 13.3. The van der Waals surface area contributed by atoms with Crippen LogP contribution in [0.3, 0.4) is 0 Å². The second-order valence-electron chi connectivity index (χ2n) is 3.76. The number of rotatable bonds is 2. The molecule has 0 atom stereocenters. The average molecular weight is 267 g/mol. The maximum atomic E-state index is 11.7. The highest BCUT2D eigenvalue weighted by Crippen LogP contribution is 2.15. The Hall–Kier alpha value is -2.15. The molecule has 7 nitrogen and oxygen atoms in total. The van der Waals surface area contributed by atoms with E-state index in [9.17, 15) is 4.79 Å². The van der Waals surface area contributed by atoms with E-state index in [1.54, 1.807) is 26.4 Å². The summed E-state index contributed by atoms with van der Waals surface area (Å²) in [6.45, 7) is 0. The summed E-state index contributed by atoms with van der Waals surface area (Å²) in [7, 11) is 3.30. The molecule has 0 spiro atoms. The molecule has 94 valence electrons. The molecule has 2 heterocycles. The Morgan fingerprint density at radius 2 is 2.22 bits per heavy atom. The van der Waals surface area contributed by atoms with E-state index in [1.165, 1.54) is 15.8 Å². The average Bonchev–Trinajstić information content (AvgIpc) is 2.80. The minimum atomic E-state index is -0.201. The normalized spacial score (nSPS) is 10.4. The quantitative estimate of drug-likeness (QED) is 0.804. The van der Waals surface area contributed by atoms with E-state index in [2.05, 4.69) is 15.1 Å². The molecule has 0 unspecified atom stereocenters. The molecule has 2 aromatic heterocycles. The topological polar surface area (TPSA) is 89.9 Å². The largest absolute Gasteiger partial charge is 0.394 e. The van der Waals surface area contributed by atoms with Crippen molar-refractivity contribution in [1.29, 1.82) is 0 Å². The van der Waals surface area contributed by atoms with Gasteiger partial charge in [0.15, 0.2) is 11.5 Å². The van der Waals surface area contributed by atoms with Crippen LogP contribution < -0.4 is 5.73 Å². The Labute approximate surface area is 108 Å². The van der Waals surface area contributed by atoms with Crippen molar-refractivity contribution in [2.45, 2.75) is 0 Å². The summed E-state index contributed by atoms with van der Waals surface area (Å²) >= 11 is 5.69. The van der Waals surface area contributed by atoms with Gasteiger partial charge in [-0.3, -0.25) is 4.79 Å². The summed E-state index contributed by atoms with van der Waals surface area (Å²) in [5, 5.41) is 4.17. The molecule has 0 aliphatic rings. The molecule has 0 aliphatic carbocycles. The van der Waals surface area contributed by atoms with Gasteiger partial charge >= 0.3 is 0 Å². The van der Waals surface area contributed by atoms with Crippen LogP contribution in [0, 0.1) is 0 Å². The first-order valence-corrected chi connectivity index (χ1v) is 5.42. The van der Waals surface area contributed by atoms with Gasteiger partial charge < -0.3 is 10.6 Å². The summed E-state index contributed by atoms with van der Waals surface area (Å²) in [5.41, 5.74) is 6.35. The number of nitrogen functional groups attached to an aromatic ring is 1. The number of aromatic nitrogens is 4. The summed E-state index contributed by atoms with van der Waals surface area (Å²) in [6.07, 6.45) is 2.98. The van der Waals surface area contributed by atoms with Crippen molar-refractivity contribution in [3.8, 4) is 5.82 Å². The van der Waals surface area contributed by atoms with Crippen molar-refractivity contribution in [2.75, 3.05) is 19.8 Å². The maximum absolute atomic E-state index is 11.7. The van der Waals surface area contributed by atoms with Crippen molar-refractivity contribution < 1.29 is 4.79 Å². The zero-order valence-corrected chi connectivity index (χ0v) is 10.6. The highest BCUT2D eigenvalue weighted by molar-refractivity contribution is 6.28. The molecule has 0 radical (unpaired) electrons. The number of anilines is 1. The molecule has 2 N–H and O–H groups in total. The van der Waals surface area contributed by atoms with E-state index in [-0.39, 0.29) is 11.2 Å². The second kappa shape index (κ2) is 4.61. The number of hydrogen-bond acceptors (Lipinski definition) is 5. The number of amides is 1. The van der Waals surface area contributed by atoms with Crippen molar-refractivity contribution in [2.24, 2.45) is 0 Å². The van der Waals surface area contributed by atoms with Crippen LogP contribution in [0.5, 0.6) is 0 Å². The van der Waals surface area contributed by atoms with Crippen LogP contribution in [0.4, 0.5) is 5.69 Å². The molecule has 0 bridgehead atoms. The van der Waals surface area contributed by atoms with Crippen LogP contribution in [0.2, 0.25) is 5.28 Å². The molecule has 18 heavy (non-hydrogen) atoms. The Kier molecular flexibility index (Phi) is 3.15. The van der Waals surface area contributed by atoms with Crippen LogP contribution in [0.15, 0.2) is 18.5 Å². The highest BCUT2D eigenvalue weighted by Gasteiger charge is 2.14. The predicted octanol–water partition coefficient (Wildman–Crippen LogP) is 0.600. The van der Waals surface area contributed by atoms with Gasteiger partial charge in [0.05, 0.1) is 11.9 Å². The lowest BCUT2D eigenvalue weighted by Crippen LogP contribution is -2.22. The zero-order valence-electron chi connectivity index (χ0n) is 9.83. The monoisotopic (exact) mass is 266 g/mol. The molecular weight excluding hydrogens is 256 g/mol.